The van der Waals surface area contributed by atoms with Crippen molar-refractivity contribution in [3.8, 4) is 0 Å². The Bertz CT molecular complexity index is 408. The minimum Gasteiger partial charge on any atom is -0.382 e. The van der Waals surface area contributed by atoms with Gasteiger partial charge in [-0.15, -0.1) is 0 Å². The molecule has 0 spiro atoms. The Morgan fingerprint density at radius 2 is 2.15 bits per heavy atom. The van der Waals surface area contributed by atoms with Crippen molar-refractivity contribution in [2.75, 3.05) is 25.1 Å². The highest BCUT2D eigenvalue weighted by Gasteiger charge is 2.29. The van der Waals surface area contributed by atoms with Crippen LogP contribution in [-0.4, -0.2) is 29.3 Å². The second-order valence-corrected chi connectivity index (χ2v) is 6.33. The molecule has 0 amide bonds. The summed E-state index contributed by atoms with van der Waals surface area (Å²) >= 11 is 0. The molecule has 1 aliphatic carbocycles. The summed E-state index contributed by atoms with van der Waals surface area (Å²) < 4.78 is 7.67. The maximum Gasteiger partial charge on any atom is 0.203 e. The van der Waals surface area contributed by atoms with E-state index in [9.17, 15) is 0 Å². The maximum absolute atomic E-state index is 5.36. The molecule has 1 aliphatic rings. The normalized spacial score (nSPS) is 17.6. The predicted octanol–water partition coefficient (Wildman–Crippen LogP) is 3.61. The van der Waals surface area contributed by atoms with Crippen LogP contribution in [0.25, 0.3) is 0 Å². The summed E-state index contributed by atoms with van der Waals surface area (Å²) in [5.74, 6) is 1.02. The summed E-state index contributed by atoms with van der Waals surface area (Å²) in [6, 6.07) is 0. The molecule has 1 fully saturated rings. The van der Waals surface area contributed by atoms with E-state index in [0.29, 0.717) is 5.41 Å². The molecular formula is C16H29N3O. The quantitative estimate of drug-likeness (QED) is 0.739. The number of hydrogen-bond acceptors (Lipinski definition) is 3. The van der Waals surface area contributed by atoms with Gasteiger partial charge in [0.2, 0.25) is 5.95 Å². The Morgan fingerprint density at radius 3 is 2.85 bits per heavy atom. The number of hydrogen-bond donors (Lipinski definition) is 1. The zero-order valence-electron chi connectivity index (χ0n) is 13.2. The third kappa shape index (κ3) is 4.23. The number of imidazole rings is 1. The van der Waals surface area contributed by atoms with Crippen LogP contribution in [-0.2, 0) is 11.3 Å². The van der Waals surface area contributed by atoms with Gasteiger partial charge in [-0.05, 0) is 38.5 Å². The summed E-state index contributed by atoms with van der Waals surface area (Å²) in [6.07, 6.45) is 8.63. The third-order valence-electron chi connectivity index (χ3n) is 4.21. The topological polar surface area (TPSA) is 39.1 Å². The average molecular weight is 279 g/mol. The van der Waals surface area contributed by atoms with E-state index in [1.54, 1.807) is 0 Å². The Kier molecular flexibility index (Phi) is 5.46. The molecule has 0 unspecified atom stereocenters. The highest BCUT2D eigenvalue weighted by atomic mass is 16.5. The molecule has 0 aliphatic heterocycles. The van der Waals surface area contributed by atoms with Gasteiger partial charge in [0.25, 0.3) is 0 Å². The van der Waals surface area contributed by atoms with Crippen molar-refractivity contribution in [1.29, 1.82) is 0 Å². The molecule has 0 aromatic carbocycles. The average Bonchev–Trinajstić information content (AvgIpc) is 2.96. The van der Waals surface area contributed by atoms with E-state index < -0.39 is 0 Å². The molecule has 1 aromatic heterocycles. The van der Waals surface area contributed by atoms with Gasteiger partial charge in [0.15, 0.2) is 0 Å². The summed E-state index contributed by atoms with van der Waals surface area (Å²) in [6.45, 7) is 10.1. The lowest BCUT2D eigenvalue weighted by Crippen LogP contribution is -2.21. The van der Waals surface area contributed by atoms with Gasteiger partial charge >= 0.3 is 0 Å². The molecule has 0 saturated heterocycles. The first-order valence-electron chi connectivity index (χ1n) is 7.98. The fourth-order valence-electron chi connectivity index (χ4n) is 3.13. The van der Waals surface area contributed by atoms with E-state index in [4.69, 9.17) is 4.74 Å². The first-order valence-corrected chi connectivity index (χ1v) is 7.98. The standard InChI is InChI=1S/C16H29N3O/c1-4-20-11-7-10-17-15-18-14(2)12-19(15)13-16(3)8-5-6-9-16/h12H,4-11,13H2,1-3H3,(H,17,18). The van der Waals surface area contributed by atoms with Crippen molar-refractivity contribution in [1.82, 2.24) is 9.55 Å². The molecule has 0 bridgehead atoms. The van der Waals surface area contributed by atoms with Gasteiger partial charge in [0.1, 0.15) is 0 Å². The van der Waals surface area contributed by atoms with E-state index in [0.717, 1.165) is 44.4 Å². The molecule has 0 atom stereocenters. The zero-order valence-corrected chi connectivity index (χ0v) is 13.2. The third-order valence-corrected chi connectivity index (χ3v) is 4.21. The van der Waals surface area contributed by atoms with Crippen molar-refractivity contribution in [2.24, 2.45) is 5.41 Å². The van der Waals surface area contributed by atoms with Gasteiger partial charge in [-0.1, -0.05) is 19.8 Å². The SMILES string of the molecule is CCOCCCNc1nc(C)cn1CC1(C)CCCC1. The van der Waals surface area contributed by atoms with Crippen LogP contribution in [0.2, 0.25) is 0 Å². The number of aryl methyl sites for hydroxylation is 1. The Morgan fingerprint density at radius 1 is 1.40 bits per heavy atom. The Hall–Kier alpha value is -1.03. The number of aromatic nitrogens is 2. The first kappa shape index (κ1) is 15.4. The van der Waals surface area contributed by atoms with Gasteiger partial charge in [0.05, 0.1) is 5.69 Å². The summed E-state index contributed by atoms with van der Waals surface area (Å²) in [7, 11) is 0. The number of rotatable bonds is 8. The van der Waals surface area contributed by atoms with Crippen LogP contribution in [0.5, 0.6) is 0 Å². The first-order chi connectivity index (χ1) is 9.63. The second kappa shape index (κ2) is 7.11. The van der Waals surface area contributed by atoms with Crippen molar-refractivity contribution in [2.45, 2.75) is 59.4 Å². The number of nitrogens with zero attached hydrogens (tertiary/aromatic N) is 2. The molecule has 2 rings (SSSR count). The van der Waals surface area contributed by atoms with E-state index >= 15 is 0 Å². The molecule has 1 aromatic rings. The Labute approximate surface area is 122 Å². The largest absolute Gasteiger partial charge is 0.382 e. The summed E-state index contributed by atoms with van der Waals surface area (Å²) in [4.78, 5) is 4.61. The molecule has 4 nitrogen and oxygen atoms in total. The fourth-order valence-corrected chi connectivity index (χ4v) is 3.13. The monoisotopic (exact) mass is 279 g/mol. The van der Waals surface area contributed by atoms with Crippen molar-refractivity contribution in [3.05, 3.63) is 11.9 Å². The van der Waals surface area contributed by atoms with Gasteiger partial charge < -0.3 is 14.6 Å². The molecule has 1 saturated carbocycles. The van der Waals surface area contributed by atoms with Crippen LogP contribution in [0.3, 0.4) is 0 Å². The lowest BCUT2D eigenvalue weighted by Gasteiger charge is -2.25. The molecule has 1 heterocycles. The molecule has 114 valence electrons. The maximum atomic E-state index is 5.36. The number of nitrogens with one attached hydrogen (secondary N) is 1. The molecule has 0 radical (unpaired) electrons. The molecule has 4 heteroatoms. The van der Waals surface area contributed by atoms with Crippen LogP contribution in [0.15, 0.2) is 6.20 Å². The van der Waals surface area contributed by atoms with Crippen LogP contribution in [0.4, 0.5) is 5.95 Å². The van der Waals surface area contributed by atoms with Gasteiger partial charge in [-0.3, -0.25) is 0 Å². The van der Waals surface area contributed by atoms with Gasteiger partial charge in [-0.25, -0.2) is 4.98 Å². The van der Waals surface area contributed by atoms with E-state index in [1.807, 2.05) is 6.92 Å². The van der Waals surface area contributed by atoms with Gasteiger partial charge in [0, 0.05) is 32.5 Å². The van der Waals surface area contributed by atoms with E-state index in [2.05, 4.69) is 34.9 Å². The van der Waals surface area contributed by atoms with Gasteiger partial charge in [-0.2, -0.15) is 0 Å². The van der Waals surface area contributed by atoms with Crippen LogP contribution < -0.4 is 5.32 Å². The smallest absolute Gasteiger partial charge is 0.203 e. The van der Waals surface area contributed by atoms with Crippen molar-refractivity contribution >= 4 is 5.95 Å². The van der Waals surface area contributed by atoms with Crippen molar-refractivity contribution in [3.63, 3.8) is 0 Å². The lowest BCUT2D eigenvalue weighted by atomic mass is 9.89. The lowest BCUT2D eigenvalue weighted by molar-refractivity contribution is 0.147. The summed E-state index contributed by atoms with van der Waals surface area (Å²) in [5.41, 5.74) is 1.55. The molecule has 20 heavy (non-hydrogen) atoms. The molecular weight excluding hydrogens is 250 g/mol. The second-order valence-electron chi connectivity index (χ2n) is 6.33. The van der Waals surface area contributed by atoms with E-state index in [1.165, 1.54) is 25.7 Å². The minimum atomic E-state index is 0.453. The fraction of sp³-hybridized carbons (Fsp3) is 0.812. The molecule has 1 N–H and O–H groups in total. The van der Waals surface area contributed by atoms with Crippen LogP contribution >= 0.6 is 0 Å². The number of ether oxygens (including phenoxy) is 1. The number of anilines is 1. The highest BCUT2D eigenvalue weighted by Crippen LogP contribution is 2.39. The summed E-state index contributed by atoms with van der Waals surface area (Å²) in [5, 5.41) is 3.46. The van der Waals surface area contributed by atoms with Crippen molar-refractivity contribution < 1.29 is 4.74 Å². The minimum absolute atomic E-state index is 0.453. The van der Waals surface area contributed by atoms with E-state index in [-0.39, 0.29) is 0 Å². The highest BCUT2D eigenvalue weighted by molar-refractivity contribution is 5.28. The predicted molar refractivity (Wildman–Crippen MR) is 83.1 cm³/mol. The van der Waals surface area contributed by atoms with Crippen LogP contribution in [0.1, 0.15) is 51.6 Å². The Balaban J connectivity index is 1.88. The zero-order chi connectivity index (χ0) is 14.4. The van der Waals surface area contributed by atoms with Crippen LogP contribution in [0, 0.1) is 12.3 Å².